The molecule has 3 atom stereocenters. The highest BCUT2D eigenvalue weighted by molar-refractivity contribution is 5.34. The second-order valence-corrected chi connectivity index (χ2v) is 4.84. The minimum atomic E-state index is 0.458. The topological polar surface area (TPSA) is 26.0 Å². The summed E-state index contributed by atoms with van der Waals surface area (Å²) in [4.78, 5) is 0. The molecule has 1 saturated carbocycles. The van der Waals surface area contributed by atoms with E-state index in [0.717, 1.165) is 11.8 Å². The summed E-state index contributed by atoms with van der Waals surface area (Å²) in [6.07, 6.45) is 5.07. The Morgan fingerprint density at radius 3 is 2.93 bits per heavy atom. The molecule has 74 valence electrons. The highest BCUT2D eigenvalue weighted by atomic mass is 14.7. The van der Waals surface area contributed by atoms with E-state index in [1.807, 2.05) is 0 Å². The second-order valence-electron chi connectivity index (χ2n) is 4.84. The van der Waals surface area contributed by atoms with E-state index in [1.54, 1.807) is 11.1 Å². The average Bonchev–Trinajstić information content (AvgIpc) is 2.24. The van der Waals surface area contributed by atoms with Crippen molar-refractivity contribution in [2.75, 3.05) is 0 Å². The Bertz CT molecular complexity index is 345. The lowest BCUT2D eigenvalue weighted by Gasteiger charge is -2.39. The Labute approximate surface area is 85.3 Å². The zero-order valence-electron chi connectivity index (χ0n) is 8.45. The Hall–Kier alpha value is -0.820. The van der Waals surface area contributed by atoms with Crippen LogP contribution in [0.1, 0.15) is 36.3 Å². The van der Waals surface area contributed by atoms with Gasteiger partial charge in [0.25, 0.3) is 0 Å². The molecule has 2 N–H and O–H groups in total. The third-order valence-corrected chi connectivity index (χ3v) is 4.02. The molecule has 0 saturated heterocycles. The van der Waals surface area contributed by atoms with E-state index in [0.29, 0.717) is 6.04 Å². The molecule has 0 aliphatic heterocycles. The number of fused-ring (bicyclic) bond motifs is 4. The van der Waals surface area contributed by atoms with E-state index < -0.39 is 0 Å². The molecule has 0 radical (unpaired) electrons. The fourth-order valence-electron chi connectivity index (χ4n) is 3.21. The predicted molar refractivity (Wildman–Crippen MR) is 58.2 cm³/mol. The molecule has 1 fully saturated rings. The third kappa shape index (κ3) is 1.19. The molecule has 0 amide bonds. The maximum atomic E-state index is 6.14. The van der Waals surface area contributed by atoms with Gasteiger partial charge in [-0.25, -0.2) is 0 Å². The van der Waals surface area contributed by atoms with Crippen molar-refractivity contribution in [3.63, 3.8) is 0 Å². The molecule has 1 nitrogen and oxygen atoms in total. The first kappa shape index (κ1) is 8.49. The molecular weight excluding hydrogens is 170 g/mol. The average molecular weight is 187 g/mol. The molecule has 1 heteroatoms. The van der Waals surface area contributed by atoms with Gasteiger partial charge in [-0.15, -0.1) is 0 Å². The zero-order valence-corrected chi connectivity index (χ0v) is 8.45. The van der Waals surface area contributed by atoms with Crippen molar-refractivity contribution in [3.05, 3.63) is 35.4 Å². The molecule has 14 heavy (non-hydrogen) atoms. The molecule has 0 aromatic heterocycles. The maximum absolute atomic E-state index is 6.14. The standard InChI is InChI=1S/C13H17N/c14-13-6-5-10-8-11(13)7-9-3-1-2-4-12(9)10/h1-4,10-11,13H,5-8,14H2. The van der Waals surface area contributed by atoms with Crippen molar-refractivity contribution in [3.8, 4) is 0 Å². The largest absolute Gasteiger partial charge is 0.327 e. The molecule has 2 bridgehead atoms. The van der Waals surface area contributed by atoms with Gasteiger partial charge in [-0.1, -0.05) is 24.3 Å². The smallest absolute Gasteiger partial charge is 0.00707 e. The summed E-state index contributed by atoms with van der Waals surface area (Å²) in [5, 5.41) is 0. The summed E-state index contributed by atoms with van der Waals surface area (Å²) >= 11 is 0. The Morgan fingerprint density at radius 2 is 2.00 bits per heavy atom. The maximum Gasteiger partial charge on any atom is 0.00707 e. The lowest BCUT2D eigenvalue weighted by atomic mass is 9.67. The summed E-state index contributed by atoms with van der Waals surface area (Å²) in [5.41, 5.74) is 9.31. The van der Waals surface area contributed by atoms with Gasteiger partial charge in [-0.2, -0.15) is 0 Å². The molecule has 0 heterocycles. The first-order valence-corrected chi connectivity index (χ1v) is 5.68. The van der Waals surface area contributed by atoms with Crippen molar-refractivity contribution in [1.29, 1.82) is 0 Å². The molecule has 1 aromatic rings. The minimum absolute atomic E-state index is 0.458. The van der Waals surface area contributed by atoms with Crippen LogP contribution in [0.25, 0.3) is 0 Å². The summed E-state index contributed by atoms with van der Waals surface area (Å²) in [7, 11) is 0. The van der Waals surface area contributed by atoms with Crippen LogP contribution in [0.3, 0.4) is 0 Å². The van der Waals surface area contributed by atoms with E-state index in [2.05, 4.69) is 24.3 Å². The van der Waals surface area contributed by atoms with Crippen LogP contribution in [-0.2, 0) is 6.42 Å². The van der Waals surface area contributed by atoms with Gasteiger partial charge < -0.3 is 5.73 Å². The molecule has 1 aromatic carbocycles. The minimum Gasteiger partial charge on any atom is -0.327 e. The van der Waals surface area contributed by atoms with Gasteiger partial charge in [0.15, 0.2) is 0 Å². The number of nitrogens with two attached hydrogens (primary N) is 1. The normalized spacial score (nSPS) is 35.1. The summed E-state index contributed by atoms with van der Waals surface area (Å²) < 4.78 is 0. The summed E-state index contributed by atoms with van der Waals surface area (Å²) in [6, 6.07) is 9.39. The van der Waals surface area contributed by atoms with Crippen molar-refractivity contribution in [2.45, 2.75) is 37.6 Å². The highest BCUT2D eigenvalue weighted by Gasteiger charge is 2.34. The predicted octanol–water partition coefficient (Wildman–Crippen LogP) is 2.45. The van der Waals surface area contributed by atoms with Crippen molar-refractivity contribution >= 4 is 0 Å². The van der Waals surface area contributed by atoms with Gasteiger partial charge in [0.1, 0.15) is 0 Å². The van der Waals surface area contributed by atoms with Crippen LogP contribution < -0.4 is 5.73 Å². The first-order valence-electron chi connectivity index (χ1n) is 5.68. The number of hydrogen-bond donors (Lipinski definition) is 1. The van der Waals surface area contributed by atoms with Crippen molar-refractivity contribution in [2.24, 2.45) is 11.7 Å². The van der Waals surface area contributed by atoms with Crippen LogP contribution in [-0.4, -0.2) is 6.04 Å². The molecule has 2 aliphatic rings. The number of benzene rings is 1. The van der Waals surface area contributed by atoms with Crippen molar-refractivity contribution in [1.82, 2.24) is 0 Å². The second kappa shape index (κ2) is 3.09. The van der Waals surface area contributed by atoms with Gasteiger partial charge in [0, 0.05) is 6.04 Å². The zero-order chi connectivity index (χ0) is 9.54. The van der Waals surface area contributed by atoms with Crippen LogP contribution >= 0.6 is 0 Å². The molecule has 3 rings (SSSR count). The Morgan fingerprint density at radius 1 is 1.14 bits per heavy atom. The Kier molecular flexibility index (Phi) is 1.88. The van der Waals surface area contributed by atoms with E-state index in [9.17, 15) is 0 Å². The quantitative estimate of drug-likeness (QED) is 0.663. The van der Waals surface area contributed by atoms with Crippen LogP contribution in [0.15, 0.2) is 24.3 Å². The van der Waals surface area contributed by atoms with Crippen LogP contribution in [0.2, 0.25) is 0 Å². The van der Waals surface area contributed by atoms with E-state index in [-0.39, 0.29) is 0 Å². The number of hydrogen-bond acceptors (Lipinski definition) is 1. The van der Waals surface area contributed by atoms with Gasteiger partial charge in [-0.05, 0) is 48.6 Å². The summed E-state index contributed by atoms with van der Waals surface area (Å²) in [6.45, 7) is 0. The molecular formula is C13H17N. The van der Waals surface area contributed by atoms with Crippen LogP contribution in [0, 0.1) is 5.92 Å². The van der Waals surface area contributed by atoms with Gasteiger partial charge in [0.2, 0.25) is 0 Å². The molecule has 0 spiro atoms. The highest BCUT2D eigenvalue weighted by Crippen LogP contribution is 2.43. The van der Waals surface area contributed by atoms with E-state index in [1.165, 1.54) is 25.7 Å². The monoisotopic (exact) mass is 187 g/mol. The third-order valence-electron chi connectivity index (χ3n) is 4.02. The fourth-order valence-corrected chi connectivity index (χ4v) is 3.21. The van der Waals surface area contributed by atoms with Crippen LogP contribution in [0.5, 0.6) is 0 Å². The first-order chi connectivity index (χ1) is 6.84. The van der Waals surface area contributed by atoms with E-state index in [4.69, 9.17) is 5.73 Å². The molecule has 2 aliphatic carbocycles. The van der Waals surface area contributed by atoms with Gasteiger partial charge in [0.05, 0.1) is 0 Å². The lowest BCUT2D eigenvalue weighted by molar-refractivity contribution is 0.259. The van der Waals surface area contributed by atoms with E-state index >= 15 is 0 Å². The van der Waals surface area contributed by atoms with Crippen LogP contribution in [0.4, 0.5) is 0 Å². The summed E-state index contributed by atoms with van der Waals surface area (Å²) in [5.74, 6) is 1.56. The Balaban J connectivity index is 2.02. The molecule has 3 unspecified atom stereocenters. The lowest BCUT2D eigenvalue weighted by Crippen LogP contribution is -2.39. The fraction of sp³-hybridized carbons (Fsp3) is 0.538. The number of rotatable bonds is 0. The SMILES string of the molecule is NC1CCC2CC1Cc1ccccc12. The van der Waals surface area contributed by atoms with Gasteiger partial charge in [-0.3, -0.25) is 0 Å². The van der Waals surface area contributed by atoms with Gasteiger partial charge >= 0.3 is 0 Å². The van der Waals surface area contributed by atoms with Crippen molar-refractivity contribution < 1.29 is 0 Å².